The first-order valence-electron chi connectivity index (χ1n) is 5.49. The average molecular weight is 223 g/mol. The maximum atomic E-state index is 13.1. The molecular weight excluding hydrogens is 206 g/mol. The Hall–Kier alpha value is 0.150. The summed E-state index contributed by atoms with van der Waals surface area (Å²) in [6, 6.07) is 0. The second-order valence-electron chi connectivity index (χ2n) is 5.16. The van der Waals surface area contributed by atoms with Gasteiger partial charge in [0.15, 0.2) is 0 Å². The highest BCUT2D eigenvalue weighted by Gasteiger charge is 2.46. The van der Waals surface area contributed by atoms with Crippen molar-refractivity contribution in [2.45, 2.75) is 50.9 Å². The van der Waals surface area contributed by atoms with E-state index in [1.165, 1.54) is 0 Å². The monoisotopic (exact) mass is 222 g/mol. The lowest BCUT2D eigenvalue weighted by Crippen LogP contribution is -2.27. The molecule has 0 nitrogen and oxygen atoms in total. The van der Waals surface area contributed by atoms with Crippen molar-refractivity contribution in [1.82, 2.24) is 0 Å². The summed E-state index contributed by atoms with van der Waals surface area (Å²) in [5, 5.41) is 0. The molecule has 0 aliphatic heterocycles. The second kappa shape index (κ2) is 3.62. The summed E-state index contributed by atoms with van der Waals surface area (Å²) in [5.74, 6) is -1.51. The zero-order chi connectivity index (χ0) is 10.2. The summed E-state index contributed by atoms with van der Waals surface area (Å²) in [4.78, 5) is 0. The van der Waals surface area contributed by atoms with Crippen molar-refractivity contribution in [2.75, 3.05) is 5.88 Å². The molecule has 0 saturated heterocycles. The Labute approximate surface area is 89.0 Å². The van der Waals surface area contributed by atoms with Crippen molar-refractivity contribution >= 4 is 11.6 Å². The van der Waals surface area contributed by atoms with Gasteiger partial charge in [-0.05, 0) is 43.4 Å². The highest BCUT2D eigenvalue weighted by molar-refractivity contribution is 6.18. The summed E-state index contributed by atoms with van der Waals surface area (Å²) < 4.78 is 26.2. The fourth-order valence-electron chi connectivity index (χ4n) is 2.63. The third kappa shape index (κ3) is 2.39. The number of halogens is 3. The molecule has 0 bridgehead atoms. The van der Waals surface area contributed by atoms with Gasteiger partial charge >= 0.3 is 0 Å². The normalized spacial score (nSPS) is 34.1. The number of rotatable bonds is 3. The van der Waals surface area contributed by atoms with Crippen LogP contribution < -0.4 is 0 Å². The Bertz CT molecular complexity index is 211. The average Bonchev–Trinajstić information content (AvgIpc) is 2.84. The van der Waals surface area contributed by atoms with Crippen molar-refractivity contribution in [1.29, 1.82) is 0 Å². The Morgan fingerprint density at radius 3 is 2.43 bits per heavy atom. The molecule has 0 aromatic heterocycles. The van der Waals surface area contributed by atoms with Crippen molar-refractivity contribution in [2.24, 2.45) is 11.3 Å². The second-order valence-corrected chi connectivity index (χ2v) is 5.42. The zero-order valence-corrected chi connectivity index (χ0v) is 9.12. The molecule has 0 aromatic carbocycles. The van der Waals surface area contributed by atoms with Gasteiger partial charge in [-0.25, -0.2) is 8.78 Å². The van der Waals surface area contributed by atoms with Crippen molar-refractivity contribution in [3.63, 3.8) is 0 Å². The highest BCUT2D eigenvalue weighted by Crippen LogP contribution is 2.54. The molecule has 2 rings (SSSR count). The van der Waals surface area contributed by atoms with Gasteiger partial charge in [0, 0.05) is 18.7 Å². The van der Waals surface area contributed by atoms with E-state index in [2.05, 4.69) is 0 Å². The zero-order valence-electron chi connectivity index (χ0n) is 8.37. The van der Waals surface area contributed by atoms with E-state index in [1.807, 2.05) is 0 Å². The van der Waals surface area contributed by atoms with Crippen LogP contribution in [0.4, 0.5) is 8.78 Å². The van der Waals surface area contributed by atoms with Crippen LogP contribution in [0.5, 0.6) is 0 Å². The van der Waals surface area contributed by atoms with E-state index < -0.39 is 5.92 Å². The van der Waals surface area contributed by atoms with Gasteiger partial charge in [-0.2, -0.15) is 0 Å². The molecule has 2 saturated carbocycles. The van der Waals surface area contributed by atoms with Crippen LogP contribution in [0, 0.1) is 11.3 Å². The van der Waals surface area contributed by atoms with Crippen LogP contribution in [-0.4, -0.2) is 11.8 Å². The van der Waals surface area contributed by atoms with Crippen LogP contribution in [-0.2, 0) is 0 Å². The molecule has 0 aromatic rings. The topological polar surface area (TPSA) is 0 Å². The number of hydrogen-bond donors (Lipinski definition) is 0. The Morgan fingerprint density at radius 2 is 1.93 bits per heavy atom. The van der Waals surface area contributed by atoms with Gasteiger partial charge in [0.25, 0.3) is 0 Å². The van der Waals surface area contributed by atoms with Crippen molar-refractivity contribution in [3.05, 3.63) is 0 Å². The number of hydrogen-bond acceptors (Lipinski definition) is 0. The first kappa shape index (κ1) is 10.7. The summed E-state index contributed by atoms with van der Waals surface area (Å²) in [5.41, 5.74) is 0.250. The summed E-state index contributed by atoms with van der Waals surface area (Å²) in [7, 11) is 0. The minimum absolute atomic E-state index is 0.0946. The minimum Gasteiger partial charge on any atom is -0.207 e. The maximum absolute atomic E-state index is 13.1. The Balaban J connectivity index is 1.86. The molecule has 2 aliphatic rings. The largest absolute Gasteiger partial charge is 0.248 e. The molecule has 14 heavy (non-hydrogen) atoms. The van der Waals surface area contributed by atoms with Gasteiger partial charge in [0.1, 0.15) is 0 Å². The quantitative estimate of drug-likeness (QED) is 0.628. The first-order valence-corrected chi connectivity index (χ1v) is 6.03. The van der Waals surface area contributed by atoms with Crippen LogP contribution >= 0.6 is 11.6 Å². The molecule has 1 atom stereocenters. The van der Waals surface area contributed by atoms with Gasteiger partial charge < -0.3 is 0 Å². The van der Waals surface area contributed by atoms with E-state index in [-0.39, 0.29) is 24.2 Å². The van der Waals surface area contributed by atoms with Crippen LogP contribution in [0.25, 0.3) is 0 Å². The Morgan fingerprint density at radius 1 is 1.21 bits per heavy atom. The standard InChI is InChI=1S/C11H17ClF2/c12-8-10(4-5-10)6-9-2-1-3-11(13,14)7-9/h9H,1-8H2. The van der Waals surface area contributed by atoms with E-state index in [0.717, 1.165) is 25.7 Å². The van der Waals surface area contributed by atoms with E-state index >= 15 is 0 Å². The summed E-state index contributed by atoms with van der Waals surface area (Å²) in [6.07, 6.45) is 5.11. The van der Waals surface area contributed by atoms with Crippen molar-refractivity contribution in [3.8, 4) is 0 Å². The smallest absolute Gasteiger partial charge is 0.207 e. The van der Waals surface area contributed by atoms with E-state index in [1.54, 1.807) is 0 Å². The fraction of sp³-hybridized carbons (Fsp3) is 1.00. The molecule has 3 heteroatoms. The van der Waals surface area contributed by atoms with Crippen LogP contribution in [0.1, 0.15) is 44.9 Å². The van der Waals surface area contributed by atoms with E-state index in [9.17, 15) is 8.78 Å². The molecular formula is C11H17ClF2. The van der Waals surface area contributed by atoms with Gasteiger partial charge in [0.2, 0.25) is 5.92 Å². The maximum Gasteiger partial charge on any atom is 0.248 e. The Kier molecular flexibility index (Phi) is 2.76. The highest BCUT2D eigenvalue weighted by atomic mass is 35.5. The van der Waals surface area contributed by atoms with Crippen molar-refractivity contribution < 1.29 is 8.78 Å². The number of alkyl halides is 3. The molecule has 0 amide bonds. The predicted octanol–water partition coefficient (Wildman–Crippen LogP) is 4.22. The third-order valence-electron chi connectivity index (χ3n) is 3.70. The molecule has 0 heterocycles. The van der Waals surface area contributed by atoms with E-state index in [4.69, 9.17) is 11.6 Å². The van der Waals surface area contributed by atoms with Crippen LogP contribution in [0.15, 0.2) is 0 Å². The van der Waals surface area contributed by atoms with Gasteiger partial charge in [0.05, 0.1) is 0 Å². The van der Waals surface area contributed by atoms with Gasteiger partial charge in [-0.1, -0.05) is 0 Å². The van der Waals surface area contributed by atoms with E-state index in [0.29, 0.717) is 12.3 Å². The third-order valence-corrected chi connectivity index (χ3v) is 4.27. The SMILES string of the molecule is FC1(F)CCCC(CC2(CCl)CC2)C1. The molecule has 2 fully saturated rings. The lowest BCUT2D eigenvalue weighted by molar-refractivity contribution is -0.0559. The molecule has 0 radical (unpaired) electrons. The molecule has 2 aliphatic carbocycles. The minimum atomic E-state index is -2.40. The first-order chi connectivity index (χ1) is 6.55. The van der Waals surface area contributed by atoms with Crippen LogP contribution in [0.3, 0.4) is 0 Å². The van der Waals surface area contributed by atoms with Crippen LogP contribution in [0.2, 0.25) is 0 Å². The fourth-order valence-corrected chi connectivity index (χ4v) is 3.01. The van der Waals surface area contributed by atoms with Gasteiger partial charge in [-0.15, -0.1) is 11.6 Å². The lowest BCUT2D eigenvalue weighted by atomic mass is 9.80. The predicted molar refractivity (Wildman–Crippen MR) is 53.9 cm³/mol. The van der Waals surface area contributed by atoms with Gasteiger partial charge in [-0.3, -0.25) is 0 Å². The lowest BCUT2D eigenvalue weighted by Gasteiger charge is -2.30. The molecule has 1 unspecified atom stereocenters. The summed E-state index contributed by atoms with van der Waals surface area (Å²) in [6.45, 7) is 0. The molecule has 82 valence electrons. The molecule has 0 spiro atoms. The molecule has 0 N–H and O–H groups in total. The summed E-state index contributed by atoms with van der Waals surface area (Å²) >= 11 is 5.86.